The minimum atomic E-state index is -3.50. The van der Waals surface area contributed by atoms with E-state index < -0.39 is 45.3 Å². The molecular weight excluding hydrogens is 579 g/mol. The largest absolute Gasteiger partial charge is 0.444 e. The van der Waals surface area contributed by atoms with E-state index >= 15 is 0 Å². The highest BCUT2D eigenvalue weighted by molar-refractivity contribution is 7.90. The molecule has 13 heteroatoms. The fourth-order valence-electron chi connectivity index (χ4n) is 5.87. The molecule has 0 radical (unpaired) electrons. The molecule has 2 aliphatic carbocycles. The zero-order valence-electron chi connectivity index (χ0n) is 24.1. The van der Waals surface area contributed by atoms with Crippen LogP contribution in [0.5, 0.6) is 0 Å². The van der Waals surface area contributed by atoms with E-state index in [4.69, 9.17) is 10.5 Å². The van der Waals surface area contributed by atoms with Crippen molar-refractivity contribution in [2.45, 2.75) is 94.7 Å². The number of sulfonamides is 1. The second kappa shape index (κ2) is 13.0. The van der Waals surface area contributed by atoms with Gasteiger partial charge in [-0.25, -0.2) is 17.6 Å². The highest BCUT2D eigenvalue weighted by Crippen LogP contribution is 2.40. The Kier molecular flexibility index (Phi) is 9.38. The van der Waals surface area contributed by atoms with Gasteiger partial charge in [0, 0.05) is 30.9 Å². The van der Waals surface area contributed by atoms with Gasteiger partial charge in [-0.3, -0.25) is 24.0 Å². The first kappa shape index (κ1) is 31.0. The van der Waals surface area contributed by atoms with Gasteiger partial charge >= 0.3 is 6.09 Å². The van der Waals surface area contributed by atoms with Gasteiger partial charge in [0.1, 0.15) is 18.0 Å². The standard InChI is InChI=1S/C30H39FN4O7S/c31-25-10-7-9-20-16-34(18-24(20)25)30(39)42-21-15-26(28(32)37)35(17-21)27(36)11-6-4-2-1-3-5-8-19-14-23(19)29(38)33-43(40,41)22-12-13-22/h5,7-10,19,21-23,26H,1-4,6,11-18H2,(H2,32,37)(H,33,38)/b8-5-/t19-,21?,23+,26+/m1/s1. The second-order valence-corrected chi connectivity index (χ2v) is 14.0. The molecule has 2 heterocycles. The van der Waals surface area contributed by atoms with Crippen LogP contribution in [-0.4, -0.2) is 66.0 Å². The summed E-state index contributed by atoms with van der Waals surface area (Å²) in [5, 5.41) is -0.408. The molecule has 4 atom stereocenters. The maximum atomic E-state index is 14.0. The van der Waals surface area contributed by atoms with Gasteiger partial charge in [0.25, 0.3) is 0 Å². The minimum Gasteiger partial charge on any atom is -0.444 e. The Labute approximate surface area is 251 Å². The number of likely N-dealkylation sites (tertiary alicyclic amines) is 1. The first-order valence-electron chi connectivity index (χ1n) is 15.1. The molecule has 234 valence electrons. The van der Waals surface area contributed by atoms with Gasteiger partial charge in [0.05, 0.1) is 18.3 Å². The predicted octanol–water partition coefficient (Wildman–Crippen LogP) is 2.87. The third-order valence-corrected chi connectivity index (χ3v) is 10.5. The number of amides is 4. The molecule has 1 aromatic carbocycles. The quantitative estimate of drug-likeness (QED) is 0.254. The number of hydrogen-bond donors (Lipinski definition) is 2. The summed E-state index contributed by atoms with van der Waals surface area (Å²) in [6, 6.07) is 3.87. The van der Waals surface area contributed by atoms with Crippen LogP contribution in [0.25, 0.3) is 0 Å². The lowest BCUT2D eigenvalue weighted by atomic mass is 10.1. The minimum absolute atomic E-state index is 0.0865. The molecule has 4 aliphatic rings. The van der Waals surface area contributed by atoms with Crippen LogP contribution in [-0.2, 0) is 42.2 Å². The van der Waals surface area contributed by atoms with E-state index in [1.54, 1.807) is 12.1 Å². The number of rotatable bonds is 13. The van der Waals surface area contributed by atoms with Gasteiger partial charge in [-0.15, -0.1) is 0 Å². The fourth-order valence-corrected chi connectivity index (χ4v) is 7.22. The Morgan fingerprint density at radius 2 is 1.84 bits per heavy atom. The Bertz CT molecular complexity index is 1400. The molecule has 4 amide bonds. The van der Waals surface area contributed by atoms with E-state index in [1.807, 2.05) is 12.2 Å². The molecule has 11 nitrogen and oxygen atoms in total. The number of benzene rings is 1. The van der Waals surface area contributed by atoms with E-state index in [-0.39, 0.29) is 56.0 Å². The zero-order chi connectivity index (χ0) is 30.7. The molecule has 3 fully saturated rings. The fraction of sp³-hybridized carbons (Fsp3) is 0.600. The van der Waals surface area contributed by atoms with Gasteiger partial charge in [-0.2, -0.15) is 0 Å². The summed E-state index contributed by atoms with van der Waals surface area (Å²) in [5.41, 5.74) is 6.74. The predicted molar refractivity (Wildman–Crippen MR) is 154 cm³/mol. The van der Waals surface area contributed by atoms with E-state index in [1.165, 1.54) is 15.9 Å². The first-order chi connectivity index (χ1) is 20.5. The average Bonchev–Trinajstić information content (AvgIpc) is 3.87. The number of nitrogens with one attached hydrogen (secondary N) is 1. The van der Waals surface area contributed by atoms with Gasteiger partial charge in [0.15, 0.2) is 0 Å². The smallest absolute Gasteiger partial charge is 0.410 e. The van der Waals surface area contributed by atoms with Crippen molar-refractivity contribution in [1.82, 2.24) is 14.5 Å². The van der Waals surface area contributed by atoms with Crippen molar-refractivity contribution in [2.75, 3.05) is 6.54 Å². The number of unbranched alkanes of at least 4 members (excludes halogenated alkanes) is 4. The summed E-state index contributed by atoms with van der Waals surface area (Å²) in [4.78, 5) is 52.6. The number of carbonyl (C=O) groups is 4. The second-order valence-electron chi connectivity index (χ2n) is 12.0. The van der Waals surface area contributed by atoms with Crippen LogP contribution >= 0.6 is 0 Å². The van der Waals surface area contributed by atoms with E-state index in [0.29, 0.717) is 31.2 Å². The molecule has 2 saturated carbocycles. The molecule has 1 aromatic rings. The lowest BCUT2D eigenvalue weighted by Gasteiger charge is -2.22. The highest BCUT2D eigenvalue weighted by Gasteiger charge is 2.45. The molecule has 0 bridgehead atoms. The van der Waals surface area contributed by atoms with Gasteiger partial charge in [-0.05, 0) is 56.1 Å². The number of nitrogens with zero attached hydrogens (tertiary/aromatic N) is 2. The number of carbonyl (C=O) groups excluding carboxylic acids is 4. The molecule has 1 unspecified atom stereocenters. The summed E-state index contributed by atoms with van der Waals surface area (Å²) >= 11 is 0. The van der Waals surface area contributed by atoms with Crippen molar-refractivity contribution < 1.29 is 36.7 Å². The number of halogens is 1. The first-order valence-corrected chi connectivity index (χ1v) is 16.6. The third-order valence-electron chi connectivity index (χ3n) is 8.64. The number of fused-ring (bicyclic) bond motifs is 1. The summed E-state index contributed by atoms with van der Waals surface area (Å²) in [6.07, 6.45) is 9.14. The Morgan fingerprint density at radius 3 is 2.56 bits per heavy atom. The molecular formula is C30H39FN4O7S. The zero-order valence-corrected chi connectivity index (χ0v) is 24.9. The van der Waals surface area contributed by atoms with E-state index in [9.17, 15) is 32.0 Å². The van der Waals surface area contributed by atoms with Crippen molar-refractivity contribution in [2.24, 2.45) is 17.6 Å². The summed E-state index contributed by atoms with van der Waals surface area (Å²) in [6.45, 7) is 0.433. The Balaban J connectivity index is 0.963. The lowest BCUT2D eigenvalue weighted by molar-refractivity contribution is -0.137. The molecule has 1 saturated heterocycles. The number of primary amides is 1. The van der Waals surface area contributed by atoms with Crippen molar-refractivity contribution in [3.8, 4) is 0 Å². The van der Waals surface area contributed by atoms with Crippen LogP contribution in [0.2, 0.25) is 0 Å². The van der Waals surface area contributed by atoms with Crippen LogP contribution in [0.3, 0.4) is 0 Å². The van der Waals surface area contributed by atoms with Crippen molar-refractivity contribution >= 4 is 33.8 Å². The monoisotopic (exact) mass is 618 g/mol. The SMILES string of the molecule is NC(=O)[C@@H]1CC(OC(=O)N2Cc3cccc(F)c3C2)CN1C(=O)CCCCCC/C=C\[C@@H]1C[C@@H]1C(=O)NS(=O)(=O)C1CC1. The van der Waals surface area contributed by atoms with Crippen molar-refractivity contribution in [3.63, 3.8) is 0 Å². The van der Waals surface area contributed by atoms with Gasteiger partial charge in [-0.1, -0.05) is 37.1 Å². The van der Waals surface area contributed by atoms with Gasteiger partial charge < -0.3 is 15.4 Å². The normalized spacial score (nSPS) is 24.7. The molecule has 0 spiro atoms. The summed E-state index contributed by atoms with van der Waals surface area (Å²) in [5.74, 6) is -1.80. The number of allylic oxidation sites excluding steroid dienone is 2. The van der Waals surface area contributed by atoms with Crippen LogP contribution < -0.4 is 10.5 Å². The maximum Gasteiger partial charge on any atom is 0.410 e. The summed E-state index contributed by atoms with van der Waals surface area (Å²) < 4.78 is 45.7. The topological polar surface area (TPSA) is 156 Å². The van der Waals surface area contributed by atoms with Crippen molar-refractivity contribution in [1.29, 1.82) is 0 Å². The van der Waals surface area contributed by atoms with Crippen LogP contribution in [0.15, 0.2) is 30.4 Å². The highest BCUT2D eigenvalue weighted by atomic mass is 32.2. The third kappa shape index (κ3) is 7.73. The molecule has 43 heavy (non-hydrogen) atoms. The number of nitrogens with two attached hydrogens (primary N) is 1. The molecule has 3 N–H and O–H groups in total. The number of ether oxygens (including phenoxy) is 1. The number of hydrogen-bond acceptors (Lipinski definition) is 7. The van der Waals surface area contributed by atoms with Crippen LogP contribution in [0.1, 0.15) is 75.3 Å². The molecule has 0 aromatic heterocycles. The van der Waals surface area contributed by atoms with E-state index in [2.05, 4.69) is 4.72 Å². The maximum absolute atomic E-state index is 14.0. The Hall–Kier alpha value is -3.48. The molecule has 2 aliphatic heterocycles. The van der Waals surface area contributed by atoms with E-state index in [0.717, 1.165) is 31.2 Å². The van der Waals surface area contributed by atoms with Gasteiger partial charge in [0.2, 0.25) is 27.7 Å². The average molecular weight is 619 g/mol. The van der Waals surface area contributed by atoms with Crippen LogP contribution in [0.4, 0.5) is 9.18 Å². The van der Waals surface area contributed by atoms with Crippen molar-refractivity contribution in [3.05, 3.63) is 47.3 Å². The Morgan fingerprint density at radius 1 is 1.07 bits per heavy atom. The lowest BCUT2D eigenvalue weighted by Crippen LogP contribution is -2.43. The van der Waals surface area contributed by atoms with Crippen LogP contribution in [0, 0.1) is 17.7 Å². The molecule has 5 rings (SSSR count). The summed E-state index contributed by atoms with van der Waals surface area (Å²) in [7, 11) is -3.50.